The molecule has 0 spiro atoms. The minimum Gasteiger partial charge on any atom is -0.350 e. The van der Waals surface area contributed by atoms with Gasteiger partial charge in [0, 0.05) is 49.9 Å². The number of rotatable bonds is 3. The maximum atomic E-state index is 6.55. The van der Waals surface area contributed by atoms with E-state index in [1.54, 1.807) is 0 Å². The van der Waals surface area contributed by atoms with Crippen LogP contribution < -0.4 is 10.6 Å². The topological polar surface area (TPSA) is 90.7 Å². The molecule has 0 saturated heterocycles. The van der Waals surface area contributed by atoms with Crippen molar-refractivity contribution in [2.45, 2.75) is 84.3 Å². The summed E-state index contributed by atoms with van der Waals surface area (Å²) in [4.78, 5) is 11.9. The van der Waals surface area contributed by atoms with E-state index in [1.165, 1.54) is 49.8 Å². The fourth-order valence-corrected chi connectivity index (χ4v) is 6.47. The van der Waals surface area contributed by atoms with Crippen LogP contribution in [0.25, 0.3) is 11.0 Å². The van der Waals surface area contributed by atoms with Crippen molar-refractivity contribution in [3.8, 4) is 0 Å². The summed E-state index contributed by atoms with van der Waals surface area (Å²) in [5.41, 5.74) is 14.0. The minimum atomic E-state index is 0.118. The molecule has 8 nitrogen and oxygen atoms in total. The van der Waals surface area contributed by atoms with Gasteiger partial charge in [-0.2, -0.15) is 10.2 Å². The van der Waals surface area contributed by atoms with E-state index in [4.69, 9.17) is 15.8 Å². The number of hydrogen-bond acceptors (Lipinski definition) is 6. The van der Waals surface area contributed by atoms with E-state index in [9.17, 15) is 0 Å². The Kier molecular flexibility index (Phi) is 4.26. The van der Waals surface area contributed by atoms with Gasteiger partial charge in [0.1, 0.15) is 16.9 Å². The van der Waals surface area contributed by atoms with Crippen LogP contribution in [-0.4, -0.2) is 41.6 Å². The van der Waals surface area contributed by atoms with E-state index < -0.39 is 0 Å². The van der Waals surface area contributed by atoms with Crippen LogP contribution in [0.4, 0.5) is 5.82 Å². The minimum absolute atomic E-state index is 0.118. The van der Waals surface area contributed by atoms with Crippen LogP contribution in [0, 0.1) is 26.2 Å². The molecule has 8 heteroatoms. The average Bonchev–Trinajstić information content (AvgIpc) is 3.23. The largest absolute Gasteiger partial charge is 0.350 e. The summed E-state index contributed by atoms with van der Waals surface area (Å²) in [7, 11) is 1.99. The van der Waals surface area contributed by atoms with Gasteiger partial charge in [-0.05, 0) is 64.7 Å². The van der Waals surface area contributed by atoms with Gasteiger partial charge >= 0.3 is 0 Å². The molecular weight excluding hydrogens is 400 g/mol. The molecule has 0 radical (unpaired) electrons. The molecule has 170 valence electrons. The number of aryl methyl sites for hydroxylation is 4. The first-order chi connectivity index (χ1) is 15.3. The summed E-state index contributed by atoms with van der Waals surface area (Å²) in [6, 6.07) is 0. The second-order valence-corrected chi connectivity index (χ2v) is 10.7. The van der Waals surface area contributed by atoms with E-state index in [-0.39, 0.29) is 5.54 Å². The maximum absolute atomic E-state index is 6.55. The van der Waals surface area contributed by atoms with E-state index >= 15 is 0 Å². The lowest BCUT2D eigenvalue weighted by atomic mass is 9.57. The summed E-state index contributed by atoms with van der Waals surface area (Å²) in [5.74, 6) is 1.79. The smallest absolute Gasteiger partial charge is 0.158 e. The molecule has 1 aliphatic heterocycles. The van der Waals surface area contributed by atoms with Gasteiger partial charge in [0.2, 0.25) is 0 Å². The molecule has 3 aromatic heterocycles. The Morgan fingerprint density at radius 3 is 2.38 bits per heavy atom. The van der Waals surface area contributed by atoms with Crippen molar-refractivity contribution in [3.63, 3.8) is 0 Å². The second-order valence-electron chi connectivity index (χ2n) is 10.7. The SMILES string of the molecule is Cc1nc(N2CCc3c(c(C)nn3CC34CCC(N)(CC3)CC4)C2)c2c(n1)c(C)nn2C. The summed E-state index contributed by atoms with van der Waals surface area (Å²) < 4.78 is 4.28. The molecule has 2 bridgehead atoms. The van der Waals surface area contributed by atoms with Gasteiger partial charge in [-0.3, -0.25) is 9.36 Å². The summed E-state index contributed by atoms with van der Waals surface area (Å²) in [6.07, 6.45) is 8.28. The predicted molar refractivity (Wildman–Crippen MR) is 125 cm³/mol. The molecule has 32 heavy (non-hydrogen) atoms. The number of nitrogens with two attached hydrogens (primary N) is 1. The molecule has 3 saturated carbocycles. The third kappa shape index (κ3) is 2.99. The highest BCUT2D eigenvalue weighted by molar-refractivity contribution is 5.88. The first kappa shape index (κ1) is 20.1. The van der Waals surface area contributed by atoms with Crippen LogP contribution in [0.3, 0.4) is 0 Å². The fraction of sp³-hybridized carbons (Fsp3) is 0.667. The number of anilines is 1. The molecule has 0 atom stereocenters. The van der Waals surface area contributed by atoms with Crippen LogP contribution in [0.2, 0.25) is 0 Å². The van der Waals surface area contributed by atoms with Crippen molar-refractivity contribution in [1.29, 1.82) is 0 Å². The van der Waals surface area contributed by atoms with Gasteiger partial charge in [0.25, 0.3) is 0 Å². The van der Waals surface area contributed by atoms with Crippen molar-refractivity contribution >= 4 is 16.9 Å². The molecule has 0 aromatic carbocycles. The molecule has 0 unspecified atom stereocenters. The highest BCUT2D eigenvalue weighted by Gasteiger charge is 2.47. The van der Waals surface area contributed by atoms with Crippen LogP contribution in [0.5, 0.6) is 0 Å². The fourth-order valence-electron chi connectivity index (χ4n) is 6.47. The molecule has 2 N–H and O–H groups in total. The van der Waals surface area contributed by atoms with Crippen molar-refractivity contribution in [3.05, 3.63) is 28.5 Å². The lowest BCUT2D eigenvalue weighted by Gasteiger charge is -2.52. The standard InChI is InChI=1S/C24H34N8/c1-15-18-13-31(22-21-20(26-17(3)27-22)16(2)28-30(21)4)12-5-19(18)32(29-15)14-23-6-9-24(25,10-7-23)11-8-23/h5-14,25H2,1-4H3. The van der Waals surface area contributed by atoms with Gasteiger partial charge in [-0.15, -0.1) is 0 Å². The summed E-state index contributed by atoms with van der Waals surface area (Å²) >= 11 is 0. The number of nitrogens with zero attached hydrogens (tertiary/aromatic N) is 7. The van der Waals surface area contributed by atoms with Crippen molar-refractivity contribution in [1.82, 2.24) is 29.5 Å². The van der Waals surface area contributed by atoms with Crippen LogP contribution in [0.15, 0.2) is 0 Å². The molecule has 3 fully saturated rings. The van der Waals surface area contributed by atoms with Crippen LogP contribution >= 0.6 is 0 Å². The zero-order valence-corrected chi connectivity index (χ0v) is 19.8. The number of aromatic nitrogens is 6. The van der Waals surface area contributed by atoms with Crippen LogP contribution in [0.1, 0.15) is 67.0 Å². The van der Waals surface area contributed by atoms with Gasteiger partial charge in [-0.25, -0.2) is 9.97 Å². The predicted octanol–water partition coefficient (Wildman–Crippen LogP) is 3.10. The molecule has 4 aliphatic rings. The summed E-state index contributed by atoms with van der Waals surface area (Å²) in [5, 5.41) is 9.66. The van der Waals surface area contributed by atoms with Crippen LogP contribution in [-0.2, 0) is 26.6 Å². The Hall–Kier alpha value is -2.48. The Labute approximate surface area is 189 Å². The van der Waals surface area contributed by atoms with Crippen molar-refractivity contribution in [2.24, 2.45) is 18.2 Å². The second kappa shape index (κ2) is 6.76. The van der Waals surface area contributed by atoms with Gasteiger partial charge < -0.3 is 10.6 Å². The van der Waals surface area contributed by atoms with Crippen molar-refractivity contribution in [2.75, 3.05) is 11.4 Å². The zero-order chi connectivity index (χ0) is 22.3. The Bertz CT molecular complexity index is 1190. The first-order valence-corrected chi connectivity index (χ1v) is 12.0. The molecule has 3 aliphatic carbocycles. The number of hydrogen-bond donors (Lipinski definition) is 1. The molecular formula is C24H34N8. The third-order valence-corrected chi connectivity index (χ3v) is 8.52. The molecule has 3 aromatic rings. The third-order valence-electron chi connectivity index (χ3n) is 8.52. The highest BCUT2D eigenvalue weighted by atomic mass is 15.3. The molecule has 7 rings (SSSR count). The van der Waals surface area contributed by atoms with Gasteiger partial charge in [-0.1, -0.05) is 0 Å². The Morgan fingerprint density at radius 2 is 1.66 bits per heavy atom. The lowest BCUT2D eigenvalue weighted by Crippen LogP contribution is -2.53. The Balaban J connectivity index is 1.32. The van der Waals surface area contributed by atoms with E-state index in [0.717, 1.165) is 60.1 Å². The van der Waals surface area contributed by atoms with Gasteiger partial charge in [0.05, 0.1) is 11.4 Å². The highest BCUT2D eigenvalue weighted by Crippen LogP contribution is 2.52. The average molecular weight is 435 g/mol. The monoisotopic (exact) mass is 434 g/mol. The Morgan fingerprint density at radius 1 is 0.938 bits per heavy atom. The van der Waals surface area contributed by atoms with Gasteiger partial charge in [0.15, 0.2) is 5.82 Å². The maximum Gasteiger partial charge on any atom is 0.158 e. The van der Waals surface area contributed by atoms with E-state index in [1.807, 2.05) is 25.6 Å². The molecule has 4 heterocycles. The van der Waals surface area contributed by atoms with E-state index in [0.29, 0.717) is 5.41 Å². The lowest BCUT2D eigenvalue weighted by molar-refractivity contribution is 0.0263. The molecule has 0 amide bonds. The number of fused-ring (bicyclic) bond motifs is 5. The quantitative estimate of drug-likeness (QED) is 0.681. The zero-order valence-electron chi connectivity index (χ0n) is 19.8. The first-order valence-electron chi connectivity index (χ1n) is 12.0. The normalized spacial score (nSPS) is 27.3. The van der Waals surface area contributed by atoms with Crippen molar-refractivity contribution < 1.29 is 0 Å². The van der Waals surface area contributed by atoms with E-state index in [2.05, 4.69) is 26.6 Å². The summed E-state index contributed by atoms with van der Waals surface area (Å²) in [6.45, 7) is 8.99.